The lowest BCUT2D eigenvalue weighted by Crippen LogP contribution is -2.23. The van der Waals surface area contributed by atoms with Crippen molar-refractivity contribution < 1.29 is 4.79 Å². The Balaban J connectivity index is 1.46. The summed E-state index contributed by atoms with van der Waals surface area (Å²) in [6.07, 6.45) is -0.0523. The van der Waals surface area contributed by atoms with Crippen molar-refractivity contribution in [3.05, 3.63) is 81.8 Å². The first kappa shape index (κ1) is 20.3. The first-order valence-corrected chi connectivity index (χ1v) is 11.2. The molecule has 0 aliphatic heterocycles. The maximum absolute atomic E-state index is 12.6. The fourth-order valence-corrected chi connectivity index (χ4v) is 4.91. The number of aromatic nitrogens is 3. The van der Waals surface area contributed by atoms with E-state index in [1.54, 1.807) is 6.92 Å². The normalized spacial score (nSPS) is 12.1. The van der Waals surface area contributed by atoms with Crippen molar-refractivity contribution in [3.63, 3.8) is 0 Å². The molecule has 0 aliphatic carbocycles. The summed E-state index contributed by atoms with van der Waals surface area (Å²) >= 11 is 2.89. The number of hydrogen-bond acceptors (Lipinski definition) is 6. The standard InChI is InChI=1S/C22H20N4O2S2/c1-13-16(12-19(27)25-22-24-17-10-6-7-11-18(17)30-22)20(28)26-21(23-13)29-14(2)15-8-4-3-5-9-15/h3-11,14H,12H2,1-2H3,(H,23,26,28)(H,24,25,27). The molecule has 1 amide bonds. The largest absolute Gasteiger partial charge is 0.302 e. The van der Waals surface area contributed by atoms with E-state index in [9.17, 15) is 9.59 Å². The second-order valence-corrected chi connectivity index (χ2v) is 9.18. The Kier molecular flexibility index (Phi) is 5.96. The molecule has 4 aromatic rings. The molecule has 0 saturated carbocycles. The van der Waals surface area contributed by atoms with E-state index in [0.29, 0.717) is 21.5 Å². The quantitative estimate of drug-likeness (QED) is 0.337. The van der Waals surface area contributed by atoms with E-state index in [0.717, 1.165) is 15.8 Å². The van der Waals surface area contributed by atoms with Gasteiger partial charge in [0.25, 0.3) is 5.56 Å². The lowest BCUT2D eigenvalue weighted by Gasteiger charge is -2.12. The van der Waals surface area contributed by atoms with Crippen LogP contribution in [0, 0.1) is 6.92 Å². The van der Waals surface area contributed by atoms with Crippen LogP contribution in [-0.2, 0) is 11.2 Å². The predicted octanol–water partition coefficient (Wildman–Crippen LogP) is 4.72. The fraction of sp³-hybridized carbons (Fsp3) is 0.182. The van der Waals surface area contributed by atoms with Crippen LogP contribution in [0.5, 0.6) is 0 Å². The van der Waals surface area contributed by atoms with Crippen LogP contribution >= 0.6 is 23.1 Å². The molecule has 8 heteroatoms. The van der Waals surface area contributed by atoms with Crippen LogP contribution in [-0.4, -0.2) is 20.9 Å². The summed E-state index contributed by atoms with van der Waals surface area (Å²) in [5.74, 6) is -0.289. The molecule has 0 bridgehead atoms. The first-order chi connectivity index (χ1) is 14.5. The molecule has 2 aromatic heterocycles. The van der Waals surface area contributed by atoms with Gasteiger partial charge in [-0.3, -0.25) is 9.59 Å². The number of carbonyl (C=O) groups is 1. The number of amides is 1. The Morgan fingerprint density at radius 2 is 1.87 bits per heavy atom. The molecule has 0 spiro atoms. The van der Waals surface area contributed by atoms with Gasteiger partial charge >= 0.3 is 0 Å². The predicted molar refractivity (Wildman–Crippen MR) is 122 cm³/mol. The fourth-order valence-electron chi connectivity index (χ4n) is 3.06. The van der Waals surface area contributed by atoms with Crippen LogP contribution in [0.25, 0.3) is 10.2 Å². The van der Waals surface area contributed by atoms with Gasteiger partial charge in [0, 0.05) is 16.5 Å². The van der Waals surface area contributed by atoms with Gasteiger partial charge in [-0.15, -0.1) is 0 Å². The zero-order valence-electron chi connectivity index (χ0n) is 16.5. The van der Waals surface area contributed by atoms with Crippen LogP contribution in [0.4, 0.5) is 5.13 Å². The van der Waals surface area contributed by atoms with Gasteiger partial charge in [0.05, 0.1) is 16.6 Å². The highest BCUT2D eigenvalue weighted by Crippen LogP contribution is 2.32. The number of rotatable bonds is 6. The molecule has 1 unspecified atom stereocenters. The molecule has 0 saturated heterocycles. The topological polar surface area (TPSA) is 87.7 Å². The molecular weight excluding hydrogens is 416 g/mol. The molecule has 30 heavy (non-hydrogen) atoms. The monoisotopic (exact) mass is 436 g/mol. The highest BCUT2D eigenvalue weighted by atomic mass is 32.2. The van der Waals surface area contributed by atoms with E-state index in [1.807, 2.05) is 54.6 Å². The number of para-hydroxylation sites is 1. The summed E-state index contributed by atoms with van der Waals surface area (Å²) in [5, 5.41) is 3.99. The van der Waals surface area contributed by atoms with Crippen LogP contribution in [0.1, 0.15) is 29.0 Å². The van der Waals surface area contributed by atoms with Gasteiger partial charge in [0.1, 0.15) is 0 Å². The molecule has 0 radical (unpaired) electrons. The summed E-state index contributed by atoms with van der Waals surface area (Å²) in [7, 11) is 0. The Bertz CT molecular complexity index is 1220. The van der Waals surface area contributed by atoms with Gasteiger partial charge in [-0.25, -0.2) is 9.97 Å². The average molecular weight is 437 g/mol. The molecule has 1 atom stereocenters. The maximum atomic E-state index is 12.6. The minimum atomic E-state index is -0.289. The van der Waals surface area contributed by atoms with Gasteiger partial charge in [0.15, 0.2) is 10.3 Å². The van der Waals surface area contributed by atoms with E-state index in [1.165, 1.54) is 23.1 Å². The number of thiazole rings is 1. The van der Waals surface area contributed by atoms with Crippen LogP contribution in [0.2, 0.25) is 0 Å². The van der Waals surface area contributed by atoms with Crippen LogP contribution in [0.3, 0.4) is 0 Å². The molecule has 0 fully saturated rings. The maximum Gasteiger partial charge on any atom is 0.255 e. The number of aromatic amines is 1. The molecule has 152 valence electrons. The highest BCUT2D eigenvalue weighted by molar-refractivity contribution is 7.99. The lowest BCUT2D eigenvalue weighted by atomic mass is 10.1. The van der Waals surface area contributed by atoms with E-state index >= 15 is 0 Å². The van der Waals surface area contributed by atoms with E-state index < -0.39 is 0 Å². The van der Waals surface area contributed by atoms with Gasteiger partial charge in [0.2, 0.25) is 5.91 Å². The average Bonchev–Trinajstić information content (AvgIpc) is 3.13. The third-order valence-corrected chi connectivity index (χ3v) is 6.63. The second kappa shape index (κ2) is 8.81. The summed E-state index contributed by atoms with van der Waals surface area (Å²) in [4.78, 5) is 36.8. The van der Waals surface area contributed by atoms with Crippen LogP contribution < -0.4 is 10.9 Å². The van der Waals surface area contributed by atoms with Gasteiger partial charge in [-0.05, 0) is 31.5 Å². The Hall–Kier alpha value is -2.97. The number of anilines is 1. The molecule has 2 aromatic carbocycles. The summed E-state index contributed by atoms with van der Waals surface area (Å²) in [6.45, 7) is 3.82. The molecule has 2 heterocycles. The van der Waals surface area contributed by atoms with Gasteiger partial charge < -0.3 is 10.3 Å². The van der Waals surface area contributed by atoms with Crippen molar-refractivity contribution in [2.75, 3.05) is 5.32 Å². The van der Waals surface area contributed by atoms with E-state index in [-0.39, 0.29) is 23.1 Å². The van der Waals surface area contributed by atoms with Gasteiger partial charge in [-0.1, -0.05) is 65.6 Å². The summed E-state index contributed by atoms with van der Waals surface area (Å²) in [5.41, 5.74) is 2.63. The highest BCUT2D eigenvalue weighted by Gasteiger charge is 2.16. The lowest BCUT2D eigenvalue weighted by molar-refractivity contribution is -0.115. The SMILES string of the molecule is Cc1nc(SC(C)c2ccccc2)[nH]c(=O)c1CC(=O)Nc1nc2ccccc2s1. The number of aryl methyl sites for hydroxylation is 1. The van der Waals surface area contributed by atoms with Crippen molar-refractivity contribution >= 4 is 44.4 Å². The second-order valence-electron chi connectivity index (χ2n) is 6.82. The zero-order valence-corrected chi connectivity index (χ0v) is 18.1. The van der Waals surface area contributed by atoms with Crippen molar-refractivity contribution in [3.8, 4) is 0 Å². The zero-order chi connectivity index (χ0) is 21.1. The minimum absolute atomic E-state index is 0.0523. The summed E-state index contributed by atoms with van der Waals surface area (Å²) in [6, 6.07) is 17.7. The molecular formula is C22H20N4O2S2. The number of fused-ring (bicyclic) bond motifs is 1. The number of thioether (sulfide) groups is 1. The number of nitrogens with one attached hydrogen (secondary N) is 2. The van der Waals surface area contributed by atoms with Crippen molar-refractivity contribution in [1.82, 2.24) is 15.0 Å². The molecule has 4 rings (SSSR count). The minimum Gasteiger partial charge on any atom is -0.302 e. The Morgan fingerprint density at radius 1 is 1.13 bits per heavy atom. The van der Waals surface area contributed by atoms with E-state index in [4.69, 9.17) is 0 Å². The molecule has 2 N–H and O–H groups in total. The summed E-state index contributed by atoms with van der Waals surface area (Å²) < 4.78 is 0.998. The van der Waals surface area contributed by atoms with Crippen molar-refractivity contribution in [2.45, 2.75) is 30.7 Å². The van der Waals surface area contributed by atoms with Crippen molar-refractivity contribution in [1.29, 1.82) is 0 Å². The number of benzene rings is 2. The Morgan fingerprint density at radius 3 is 2.60 bits per heavy atom. The van der Waals surface area contributed by atoms with Crippen molar-refractivity contribution in [2.24, 2.45) is 0 Å². The third-order valence-electron chi connectivity index (χ3n) is 4.64. The Labute approximate surface area is 181 Å². The number of nitrogens with zero attached hydrogens (tertiary/aromatic N) is 2. The smallest absolute Gasteiger partial charge is 0.255 e. The van der Waals surface area contributed by atoms with Crippen LogP contribution in [0.15, 0.2) is 64.5 Å². The first-order valence-electron chi connectivity index (χ1n) is 9.46. The molecule has 0 aliphatic rings. The number of carbonyl (C=O) groups excluding carboxylic acids is 1. The molecule has 6 nitrogen and oxygen atoms in total. The van der Waals surface area contributed by atoms with E-state index in [2.05, 4.69) is 27.2 Å². The number of H-pyrrole nitrogens is 1. The van der Waals surface area contributed by atoms with Gasteiger partial charge in [-0.2, -0.15) is 0 Å². The third kappa shape index (κ3) is 4.60. The number of hydrogen-bond donors (Lipinski definition) is 2.